The highest BCUT2D eigenvalue weighted by molar-refractivity contribution is 7.92. The van der Waals surface area contributed by atoms with Gasteiger partial charge in [-0.1, -0.05) is 23.7 Å². The monoisotopic (exact) mass is 332 g/mol. The maximum Gasteiger partial charge on any atom is 0.306 e. The fourth-order valence-electron chi connectivity index (χ4n) is 1.86. The van der Waals surface area contributed by atoms with E-state index in [0.717, 1.165) is 5.56 Å². The molecule has 0 aliphatic carbocycles. The first-order valence-corrected chi connectivity index (χ1v) is 8.75. The van der Waals surface area contributed by atoms with Gasteiger partial charge in [-0.2, -0.15) is 0 Å². The quantitative estimate of drug-likeness (QED) is 0.868. The molecule has 0 aliphatic rings. The lowest BCUT2D eigenvalue weighted by molar-refractivity contribution is -0.141. The van der Waals surface area contributed by atoms with Crippen LogP contribution in [0.25, 0.3) is 0 Å². The highest BCUT2D eigenvalue weighted by Gasteiger charge is 2.30. The third-order valence-corrected chi connectivity index (χ3v) is 6.26. The second-order valence-electron chi connectivity index (χ2n) is 6.09. The zero-order valence-electron chi connectivity index (χ0n) is 12.5. The van der Waals surface area contributed by atoms with Crippen LogP contribution in [0.2, 0.25) is 5.02 Å². The predicted octanol–water partition coefficient (Wildman–Crippen LogP) is 3.19. The number of halogens is 1. The van der Waals surface area contributed by atoms with Crippen molar-refractivity contribution in [2.45, 2.75) is 38.4 Å². The molecule has 1 aromatic carbocycles. The first-order chi connectivity index (χ1) is 9.53. The SMILES string of the molecule is CC(C)(C)S(=O)(=O)CCC(Cc1cccc(Cl)c1)C(=O)O. The van der Waals surface area contributed by atoms with Crippen LogP contribution in [0.5, 0.6) is 0 Å². The zero-order chi connectivity index (χ0) is 16.3. The summed E-state index contributed by atoms with van der Waals surface area (Å²) in [4.78, 5) is 11.3. The fourth-order valence-corrected chi connectivity index (χ4v) is 3.28. The van der Waals surface area contributed by atoms with Gasteiger partial charge in [-0.05, 0) is 51.3 Å². The van der Waals surface area contributed by atoms with Crippen molar-refractivity contribution < 1.29 is 18.3 Å². The second kappa shape index (κ2) is 6.79. The highest BCUT2D eigenvalue weighted by Crippen LogP contribution is 2.21. The van der Waals surface area contributed by atoms with Crippen molar-refractivity contribution >= 4 is 27.4 Å². The predicted molar refractivity (Wildman–Crippen MR) is 84.4 cm³/mol. The molecular weight excluding hydrogens is 312 g/mol. The van der Waals surface area contributed by atoms with Gasteiger partial charge >= 0.3 is 5.97 Å². The number of sulfone groups is 1. The van der Waals surface area contributed by atoms with Gasteiger partial charge in [-0.15, -0.1) is 0 Å². The smallest absolute Gasteiger partial charge is 0.306 e. The molecule has 0 aliphatic heterocycles. The van der Waals surface area contributed by atoms with Crippen LogP contribution in [-0.2, 0) is 21.1 Å². The molecule has 0 saturated heterocycles. The van der Waals surface area contributed by atoms with Gasteiger partial charge in [0.25, 0.3) is 0 Å². The van der Waals surface area contributed by atoms with Gasteiger partial charge < -0.3 is 5.11 Å². The Morgan fingerprint density at radius 2 is 1.95 bits per heavy atom. The zero-order valence-corrected chi connectivity index (χ0v) is 14.0. The number of carbonyl (C=O) groups is 1. The van der Waals surface area contributed by atoms with Crippen molar-refractivity contribution in [3.8, 4) is 0 Å². The Balaban J connectivity index is 2.79. The summed E-state index contributed by atoms with van der Waals surface area (Å²) in [5, 5.41) is 9.82. The number of hydrogen-bond acceptors (Lipinski definition) is 3. The minimum Gasteiger partial charge on any atom is -0.481 e. The molecule has 1 atom stereocenters. The maximum absolute atomic E-state index is 12.1. The van der Waals surface area contributed by atoms with E-state index in [4.69, 9.17) is 11.6 Å². The summed E-state index contributed by atoms with van der Waals surface area (Å²) >= 11 is 5.87. The van der Waals surface area contributed by atoms with Crippen LogP contribution >= 0.6 is 11.6 Å². The number of hydrogen-bond donors (Lipinski definition) is 1. The van der Waals surface area contributed by atoms with Crippen LogP contribution in [-0.4, -0.2) is 30.0 Å². The van der Waals surface area contributed by atoms with Gasteiger partial charge in [-0.25, -0.2) is 8.42 Å². The van der Waals surface area contributed by atoms with Crippen LogP contribution in [0.3, 0.4) is 0 Å². The molecule has 4 nitrogen and oxygen atoms in total. The lowest BCUT2D eigenvalue weighted by Crippen LogP contribution is -2.32. The molecule has 6 heteroatoms. The van der Waals surface area contributed by atoms with Gasteiger partial charge in [0.05, 0.1) is 16.4 Å². The Hall–Kier alpha value is -1.07. The normalized spacial score (nSPS) is 13.9. The summed E-state index contributed by atoms with van der Waals surface area (Å²) in [5.74, 6) is -1.85. The van der Waals surface area contributed by atoms with E-state index in [1.54, 1.807) is 45.0 Å². The van der Waals surface area contributed by atoms with Crippen molar-refractivity contribution in [2.24, 2.45) is 5.92 Å². The third-order valence-electron chi connectivity index (χ3n) is 3.39. The molecule has 21 heavy (non-hydrogen) atoms. The number of carboxylic acids is 1. The van der Waals surface area contributed by atoms with Crippen molar-refractivity contribution in [3.63, 3.8) is 0 Å². The van der Waals surface area contributed by atoms with Crippen LogP contribution in [0.4, 0.5) is 0 Å². The van der Waals surface area contributed by atoms with E-state index in [2.05, 4.69) is 0 Å². The van der Waals surface area contributed by atoms with Crippen molar-refractivity contribution in [1.29, 1.82) is 0 Å². The molecule has 0 fully saturated rings. The van der Waals surface area contributed by atoms with Crippen LogP contribution in [0.1, 0.15) is 32.8 Å². The Bertz CT molecular complexity index is 602. The molecule has 118 valence electrons. The van der Waals surface area contributed by atoms with Gasteiger partial charge in [0.15, 0.2) is 9.84 Å². The summed E-state index contributed by atoms with van der Waals surface area (Å²) in [7, 11) is -3.32. The van der Waals surface area contributed by atoms with Crippen LogP contribution in [0.15, 0.2) is 24.3 Å². The summed E-state index contributed by atoms with van der Waals surface area (Å²) in [6.07, 6.45) is 0.372. The summed E-state index contributed by atoms with van der Waals surface area (Å²) in [6, 6.07) is 6.96. The molecule has 1 unspecified atom stereocenters. The van der Waals surface area contributed by atoms with E-state index in [0.29, 0.717) is 5.02 Å². The maximum atomic E-state index is 12.1. The second-order valence-corrected chi connectivity index (χ2v) is 9.39. The van der Waals surface area contributed by atoms with E-state index >= 15 is 0 Å². The van der Waals surface area contributed by atoms with Crippen molar-refractivity contribution in [2.75, 3.05) is 5.75 Å². The molecule has 1 aromatic rings. The first kappa shape index (κ1) is 18.0. The number of carboxylic acid groups (broad SMARTS) is 1. The van der Waals surface area contributed by atoms with Gasteiger partial charge in [-0.3, -0.25) is 4.79 Å². The molecule has 1 rings (SSSR count). The minimum atomic E-state index is -3.32. The Labute approximate surface area is 131 Å². The lowest BCUT2D eigenvalue weighted by atomic mass is 9.97. The number of aliphatic carboxylic acids is 1. The minimum absolute atomic E-state index is 0.0987. The molecule has 1 N–H and O–H groups in total. The average Bonchev–Trinajstić information content (AvgIpc) is 2.32. The molecule has 0 bridgehead atoms. The molecule has 0 radical (unpaired) electrons. The van der Waals surface area contributed by atoms with Crippen LogP contribution < -0.4 is 0 Å². The summed E-state index contributed by atoms with van der Waals surface area (Å²) in [5.41, 5.74) is 0.794. The standard InChI is InChI=1S/C15H21ClO4S/c1-15(2,3)21(19,20)8-7-12(14(17)18)9-11-5-4-6-13(16)10-11/h4-6,10,12H,7-9H2,1-3H3,(H,17,18). The van der Waals surface area contributed by atoms with E-state index < -0.39 is 26.5 Å². The van der Waals surface area contributed by atoms with E-state index in [9.17, 15) is 18.3 Å². The fraction of sp³-hybridized carbons (Fsp3) is 0.533. The molecule has 0 aromatic heterocycles. The molecule has 0 heterocycles. The Kier molecular flexibility index (Phi) is 5.82. The topological polar surface area (TPSA) is 71.4 Å². The average molecular weight is 333 g/mol. The van der Waals surface area contributed by atoms with Gasteiger partial charge in [0.1, 0.15) is 0 Å². The molecular formula is C15H21ClO4S. The highest BCUT2D eigenvalue weighted by atomic mass is 35.5. The number of benzene rings is 1. The van der Waals surface area contributed by atoms with Gasteiger partial charge in [0, 0.05) is 5.02 Å². The van der Waals surface area contributed by atoms with Gasteiger partial charge in [0.2, 0.25) is 0 Å². The van der Waals surface area contributed by atoms with Crippen molar-refractivity contribution in [1.82, 2.24) is 0 Å². The summed E-state index contributed by atoms with van der Waals surface area (Å²) in [6.45, 7) is 4.86. The van der Waals surface area contributed by atoms with Crippen LogP contribution in [0, 0.1) is 5.92 Å². The largest absolute Gasteiger partial charge is 0.481 e. The van der Waals surface area contributed by atoms with E-state index in [1.807, 2.05) is 0 Å². The van der Waals surface area contributed by atoms with Crippen molar-refractivity contribution in [3.05, 3.63) is 34.9 Å². The Morgan fingerprint density at radius 1 is 1.33 bits per heavy atom. The summed E-state index contributed by atoms with van der Waals surface area (Å²) < 4.78 is 23.3. The molecule has 0 spiro atoms. The van der Waals surface area contributed by atoms with E-state index in [-0.39, 0.29) is 18.6 Å². The Morgan fingerprint density at radius 3 is 2.43 bits per heavy atom. The van der Waals surface area contributed by atoms with E-state index in [1.165, 1.54) is 0 Å². The first-order valence-electron chi connectivity index (χ1n) is 6.72. The third kappa shape index (κ3) is 5.32. The molecule has 0 saturated carbocycles. The lowest BCUT2D eigenvalue weighted by Gasteiger charge is -2.20. The molecule has 0 amide bonds. The number of rotatable bonds is 6.